The van der Waals surface area contributed by atoms with Crippen LogP contribution in [0.3, 0.4) is 0 Å². The first-order valence-electron chi connectivity index (χ1n) is 12.6. The maximum absolute atomic E-state index is 13.3. The summed E-state index contributed by atoms with van der Waals surface area (Å²) in [5.74, 6) is 0.190. The number of hydrogen-bond acceptors (Lipinski definition) is 7. The second kappa shape index (κ2) is 13.7. The van der Waals surface area contributed by atoms with Crippen LogP contribution in [0.25, 0.3) is 0 Å². The molecule has 0 radical (unpaired) electrons. The molecule has 2 aromatic carbocycles. The van der Waals surface area contributed by atoms with Gasteiger partial charge in [0.15, 0.2) is 0 Å². The highest BCUT2D eigenvalue weighted by atomic mass is 19.1. The van der Waals surface area contributed by atoms with Crippen molar-refractivity contribution in [3.8, 4) is 5.75 Å². The minimum absolute atomic E-state index is 0.00249. The SMILES string of the molecule is O=C(c1ccccc1)N(CCN1CCOCC1)CC1CN(CC(O)COc2ccc(F)cc2)CCO1. The Bertz CT molecular complexity index is 927. The van der Waals surface area contributed by atoms with E-state index in [4.69, 9.17) is 14.2 Å². The van der Waals surface area contributed by atoms with E-state index in [0.717, 1.165) is 32.8 Å². The molecular weight excluding hydrogens is 465 g/mol. The molecule has 4 rings (SSSR count). The van der Waals surface area contributed by atoms with Crippen LogP contribution in [-0.2, 0) is 9.47 Å². The predicted octanol–water partition coefficient (Wildman–Crippen LogP) is 1.74. The fourth-order valence-electron chi connectivity index (χ4n) is 4.50. The van der Waals surface area contributed by atoms with Gasteiger partial charge in [0.2, 0.25) is 0 Å². The van der Waals surface area contributed by atoms with Crippen LogP contribution >= 0.6 is 0 Å². The number of ether oxygens (including phenoxy) is 3. The molecule has 2 fully saturated rings. The van der Waals surface area contributed by atoms with Gasteiger partial charge in [0.1, 0.15) is 24.3 Å². The van der Waals surface area contributed by atoms with E-state index in [9.17, 15) is 14.3 Å². The topological polar surface area (TPSA) is 74.7 Å². The lowest BCUT2D eigenvalue weighted by molar-refractivity contribution is -0.0545. The second-order valence-electron chi connectivity index (χ2n) is 9.24. The van der Waals surface area contributed by atoms with Crippen LogP contribution < -0.4 is 4.74 Å². The molecule has 1 amide bonds. The Labute approximate surface area is 212 Å². The first-order valence-corrected chi connectivity index (χ1v) is 12.6. The van der Waals surface area contributed by atoms with Gasteiger partial charge in [0.05, 0.1) is 25.9 Å². The smallest absolute Gasteiger partial charge is 0.253 e. The third-order valence-corrected chi connectivity index (χ3v) is 6.47. The van der Waals surface area contributed by atoms with E-state index in [0.29, 0.717) is 50.6 Å². The Hall–Kier alpha value is -2.56. The van der Waals surface area contributed by atoms with Crippen molar-refractivity contribution >= 4 is 5.91 Å². The van der Waals surface area contributed by atoms with Crippen LogP contribution in [0.15, 0.2) is 54.6 Å². The highest BCUT2D eigenvalue weighted by molar-refractivity contribution is 5.94. The fraction of sp³-hybridized carbons (Fsp3) is 0.519. The monoisotopic (exact) mass is 501 g/mol. The van der Waals surface area contributed by atoms with Gasteiger partial charge in [-0.2, -0.15) is 0 Å². The lowest BCUT2D eigenvalue weighted by atomic mass is 10.1. The van der Waals surface area contributed by atoms with E-state index in [1.165, 1.54) is 12.1 Å². The molecule has 36 heavy (non-hydrogen) atoms. The molecule has 0 aromatic heterocycles. The number of halogens is 1. The molecule has 1 N–H and O–H groups in total. The summed E-state index contributed by atoms with van der Waals surface area (Å²) in [6.07, 6.45) is -0.849. The average molecular weight is 502 g/mol. The van der Waals surface area contributed by atoms with Crippen molar-refractivity contribution in [3.05, 3.63) is 66.0 Å². The number of amides is 1. The zero-order valence-corrected chi connectivity index (χ0v) is 20.6. The summed E-state index contributed by atoms with van der Waals surface area (Å²) in [6.45, 7) is 7.48. The standard InChI is InChI=1S/C27H36FN3O5/c28-23-6-8-25(9-7-23)36-21-24(32)18-30-14-17-35-26(19-30)20-31(11-10-29-12-15-34-16-13-29)27(33)22-4-2-1-3-5-22/h1-9,24,26,32H,10-21H2. The average Bonchev–Trinajstić information content (AvgIpc) is 2.91. The minimum atomic E-state index is -0.697. The van der Waals surface area contributed by atoms with E-state index in [1.54, 1.807) is 12.1 Å². The van der Waals surface area contributed by atoms with Gasteiger partial charge in [0, 0.05) is 57.9 Å². The molecule has 9 heteroatoms. The molecule has 2 heterocycles. The van der Waals surface area contributed by atoms with Crippen LogP contribution in [0.2, 0.25) is 0 Å². The summed E-state index contributed by atoms with van der Waals surface area (Å²) in [7, 11) is 0. The van der Waals surface area contributed by atoms with Gasteiger partial charge < -0.3 is 24.2 Å². The molecule has 0 bridgehead atoms. The first kappa shape index (κ1) is 26.5. The molecule has 0 saturated carbocycles. The maximum Gasteiger partial charge on any atom is 0.253 e. The molecule has 2 saturated heterocycles. The molecule has 0 spiro atoms. The number of β-amino-alcohol motifs (C(OH)–C–C–N with tert-alkyl or cyclic N) is 1. The van der Waals surface area contributed by atoms with E-state index in [1.807, 2.05) is 35.2 Å². The number of aliphatic hydroxyl groups is 1. The molecule has 2 aliphatic rings. The van der Waals surface area contributed by atoms with Crippen molar-refractivity contribution in [2.45, 2.75) is 12.2 Å². The molecule has 2 aromatic rings. The fourth-order valence-corrected chi connectivity index (χ4v) is 4.50. The summed E-state index contributed by atoms with van der Waals surface area (Å²) in [4.78, 5) is 19.7. The third kappa shape index (κ3) is 8.25. The molecular formula is C27H36FN3O5. The van der Waals surface area contributed by atoms with Crippen LogP contribution in [0.1, 0.15) is 10.4 Å². The van der Waals surface area contributed by atoms with Gasteiger partial charge in [-0.15, -0.1) is 0 Å². The van der Waals surface area contributed by atoms with Gasteiger partial charge >= 0.3 is 0 Å². The van der Waals surface area contributed by atoms with Crippen LogP contribution in [0.4, 0.5) is 4.39 Å². The van der Waals surface area contributed by atoms with E-state index in [-0.39, 0.29) is 24.4 Å². The van der Waals surface area contributed by atoms with Crippen molar-refractivity contribution in [2.75, 3.05) is 78.8 Å². The van der Waals surface area contributed by atoms with Crippen LogP contribution in [0, 0.1) is 5.82 Å². The largest absolute Gasteiger partial charge is 0.491 e. The summed E-state index contributed by atoms with van der Waals surface area (Å²) >= 11 is 0. The van der Waals surface area contributed by atoms with E-state index < -0.39 is 6.10 Å². The number of benzene rings is 2. The number of rotatable bonds is 11. The van der Waals surface area contributed by atoms with Crippen molar-refractivity contribution in [1.82, 2.24) is 14.7 Å². The molecule has 8 nitrogen and oxygen atoms in total. The lowest BCUT2D eigenvalue weighted by Gasteiger charge is -2.37. The number of morpholine rings is 2. The van der Waals surface area contributed by atoms with E-state index >= 15 is 0 Å². The molecule has 2 aliphatic heterocycles. The van der Waals surface area contributed by atoms with Crippen molar-refractivity contribution in [1.29, 1.82) is 0 Å². The summed E-state index contributed by atoms with van der Waals surface area (Å²) < 4.78 is 30.1. The summed E-state index contributed by atoms with van der Waals surface area (Å²) in [6, 6.07) is 15.1. The molecule has 196 valence electrons. The molecule has 2 atom stereocenters. The zero-order chi connectivity index (χ0) is 25.2. The number of aliphatic hydroxyl groups excluding tert-OH is 1. The van der Waals surface area contributed by atoms with Gasteiger partial charge in [0.25, 0.3) is 5.91 Å². The van der Waals surface area contributed by atoms with Crippen molar-refractivity contribution in [2.24, 2.45) is 0 Å². The quantitative estimate of drug-likeness (QED) is 0.503. The number of carbonyl (C=O) groups is 1. The molecule has 2 unspecified atom stereocenters. The second-order valence-corrected chi connectivity index (χ2v) is 9.24. The minimum Gasteiger partial charge on any atom is -0.491 e. The Kier molecular flexibility index (Phi) is 10.1. The molecule has 0 aliphatic carbocycles. The Balaban J connectivity index is 1.30. The van der Waals surface area contributed by atoms with Crippen LogP contribution in [0.5, 0.6) is 5.75 Å². The predicted molar refractivity (Wildman–Crippen MR) is 134 cm³/mol. The third-order valence-electron chi connectivity index (χ3n) is 6.47. The van der Waals surface area contributed by atoms with Crippen LogP contribution in [-0.4, -0.2) is 117 Å². The highest BCUT2D eigenvalue weighted by Crippen LogP contribution is 2.14. The van der Waals surface area contributed by atoms with Crippen molar-refractivity contribution < 1.29 is 28.5 Å². The van der Waals surface area contributed by atoms with Gasteiger partial charge in [-0.3, -0.25) is 14.6 Å². The zero-order valence-electron chi connectivity index (χ0n) is 20.6. The summed E-state index contributed by atoms with van der Waals surface area (Å²) in [5, 5.41) is 10.5. The maximum atomic E-state index is 13.3. The normalized spacial score (nSPS) is 20.1. The number of carbonyl (C=O) groups excluding carboxylic acids is 1. The van der Waals surface area contributed by atoms with E-state index in [2.05, 4.69) is 9.80 Å². The highest BCUT2D eigenvalue weighted by Gasteiger charge is 2.27. The Morgan fingerprint density at radius 2 is 1.78 bits per heavy atom. The lowest BCUT2D eigenvalue weighted by Crippen LogP contribution is -2.52. The van der Waals surface area contributed by atoms with Gasteiger partial charge in [-0.25, -0.2) is 4.39 Å². The Morgan fingerprint density at radius 3 is 2.53 bits per heavy atom. The first-order chi connectivity index (χ1) is 17.6. The van der Waals surface area contributed by atoms with Gasteiger partial charge in [-0.05, 0) is 36.4 Å². The van der Waals surface area contributed by atoms with Crippen molar-refractivity contribution in [3.63, 3.8) is 0 Å². The number of hydrogen-bond donors (Lipinski definition) is 1. The Morgan fingerprint density at radius 1 is 1.06 bits per heavy atom. The number of nitrogens with zero attached hydrogens (tertiary/aromatic N) is 3. The van der Waals surface area contributed by atoms with Gasteiger partial charge in [-0.1, -0.05) is 18.2 Å². The summed E-state index contributed by atoms with van der Waals surface area (Å²) in [5.41, 5.74) is 0.667.